The van der Waals surface area contributed by atoms with Crippen molar-refractivity contribution in [2.24, 2.45) is 5.73 Å². The van der Waals surface area contributed by atoms with E-state index in [2.05, 4.69) is 5.32 Å². The Balaban J connectivity index is 2.58. The summed E-state index contributed by atoms with van der Waals surface area (Å²) in [5.41, 5.74) is 7.60. The topological polar surface area (TPSA) is 102 Å². The summed E-state index contributed by atoms with van der Waals surface area (Å²) in [7, 11) is 0. The Morgan fingerprint density at radius 2 is 1.90 bits per heavy atom. The Hall–Kier alpha value is -3.02. The zero-order chi connectivity index (χ0) is 15.4. The van der Waals surface area contributed by atoms with E-state index < -0.39 is 12.2 Å². The molecule has 2 amide bonds. The van der Waals surface area contributed by atoms with Crippen molar-refractivity contribution in [3.8, 4) is 16.9 Å². The fourth-order valence-corrected chi connectivity index (χ4v) is 2.00. The van der Waals surface area contributed by atoms with Crippen LogP contribution in [0.5, 0.6) is 5.75 Å². The highest BCUT2D eigenvalue weighted by Crippen LogP contribution is 2.37. The van der Waals surface area contributed by atoms with E-state index in [0.717, 1.165) is 11.1 Å². The third-order valence-corrected chi connectivity index (χ3v) is 2.79. The van der Waals surface area contributed by atoms with E-state index in [1.54, 1.807) is 12.1 Å². The summed E-state index contributed by atoms with van der Waals surface area (Å²) in [6.07, 6.45) is -2.27. The quantitative estimate of drug-likeness (QED) is 0.806. The molecule has 6 heteroatoms. The summed E-state index contributed by atoms with van der Waals surface area (Å²) in [5, 5.41) is 11.0. The summed E-state index contributed by atoms with van der Waals surface area (Å²) in [4.78, 5) is 21.9. The number of anilines is 1. The molecule has 0 bridgehead atoms. The molecule has 6 nitrogen and oxygen atoms in total. The molecule has 0 unspecified atom stereocenters. The van der Waals surface area contributed by atoms with Crippen LogP contribution >= 0.6 is 0 Å². The van der Waals surface area contributed by atoms with E-state index in [-0.39, 0.29) is 11.4 Å². The van der Waals surface area contributed by atoms with Gasteiger partial charge >= 0.3 is 12.2 Å². The third kappa shape index (κ3) is 3.50. The summed E-state index contributed by atoms with van der Waals surface area (Å²) in [5.74, 6) is 0.0815. The van der Waals surface area contributed by atoms with Crippen molar-refractivity contribution in [2.75, 3.05) is 5.32 Å². The lowest BCUT2D eigenvalue weighted by molar-refractivity contribution is 0.207. The molecule has 0 heterocycles. The number of primary amides is 1. The van der Waals surface area contributed by atoms with Gasteiger partial charge in [-0.05, 0) is 18.6 Å². The monoisotopic (exact) mass is 286 g/mol. The summed E-state index contributed by atoms with van der Waals surface area (Å²) in [6, 6.07) is 12.4. The predicted molar refractivity (Wildman–Crippen MR) is 78.5 cm³/mol. The van der Waals surface area contributed by atoms with Crippen LogP contribution in [0.15, 0.2) is 42.5 Å². The van der Waals surface area contributed by atoms with Gasteiger partial charge < -0.3 is 15.6 Å². The summed E-state index contributed by atoms with van der Waals surface area (Å²) in [6.45, 7) is 1.93. The lowest BCUT2D eigenvalue weighted by Gasteiger charge is -2.14. The molecule has 0 atom stereocenters. The highest BCUT2D eigenvalue weighted by Gasteiger charge is 2.15. The van der Waals surface area contributed by atoms with Crippen LogP contribution in [0.4, 0.5) is 15.3 Å². The molecule has 108 valence electrons. The van der Waals surface area contributed by atoms with Crippen LogP contribution < -0.4 is 15.8 Å². The minimum atomic E-state index is -1.26. The van der Waals surface area contributed by atoms with Crippen molar-refractivity contribution in [1.82, 2.24) is 0 Å². The Labute approximate surface area is 121 Å². The molecule has 0 saturated heterocycles. The normalized spacial score (nSPS) is 9.95. The van der Waals surface area contributed by atoms with Gasteiger partial charge in [-0.1, -0.05) is 42.0 Å². The molecular formula is C15H14N2O4. The molecule has 2 aromatic rings. The number of carbonyl (C=O) groups excluding carboxylic acids is 1. The standard InChI is InChI=1S/C15H14N2O4/c1-9-4-2-5-10(8-9)11-6-3-7-12(17-15(19)20)13(11)21-14(16)18/h2-8,17H,1H3,(H2,16,18)(H,19,20). The van der Waals surface area contributed by atoms with E-state index in [9.17, 15) is 9.59 Å². The van der Waals surface area contributed by atoms with Crippen molar-refractivity contribution in [1.29, 1.82) is 0 Å². The van der Waals surface area contributed by atoms with E-state index in [1.807, 2.05) is 31.2 Å². The van der Waals surface area contributed by atoms with Gasteiger partial charge in [0.25, 0.3) is 0 Å². The number of amides is 2. The van der Waals surface area contributed by atoms with Crippen LogP contribution in [-0.2, 0) is 0 Å². The zero-order valence-corrected chi connectivity index (χ0v) is 11.3. The van der Waals surface area contributed by atoms with E-state index >= 15 is 0 Å². The molecule has 0 spiro atoms. The number of hydrogen-bond donors (Lipinski definition) is 3. The Morgan fingerprint density at radius 3 is 2.52 bits per heavy atom. The molecule has 0 aromatic heterocycles. The average Bonchev–Trinajstić information content (AvgIpc) is 2.39. The van der Waals surface area contributed by atoms with Gasteiger partial charge in [0.2, 0.25) is 0 Å². The molecule has 0 fully saturated rings. The fraction of sp³-hybridized carbons (Fsp3) is 0.0667. The maximum Gasteiger partial charge on any atom is 0.410 e. The first-order valence-corrected chi connectivity index (χ1v) is 6.14. The first-order valence-electron chi connectivity index (χ1n) is 6.14. The van der Waals surface area contributed by atoms with Gasteiger partial charge in [0.1, 0.15) is 0 Å². The van der Waals surface area contributed by atoms with Crippen molar-refractivity contribution < 1.29 is 19.4 Å². The van der Waals surface area contributed by atoms with Crippen LogP contribution in [0.25, 0.3) is 11.1 Å². The highest BCUT2D eigenvalue weighted by atomic mass is 16.5. The second-order valence-electron chi connectivity index (χ2n) is 4.40. The number of nitrogens with one attached hydrogen (secondary N) is 1. The third-order valence-electron chi connectivity index (χ3n) is 2.79. The van der Waals surface area contributed by atoms with Crippen LogP contribution in [-0.4, -0.2) is 17.3 Å². The first kappa shape index (κ1) is 14.4. The lowest BCUT2D eigenvalue weighted by atomic mass is 10.0. The number of para-hydroxylation sites is 1. The SMILES string of the molecule is Cc1cccc(-c2cccc(NC(=O)O)c2OC(N)=O)c1. The number of ether oxygens (including phenoxy) is 1. The number of hydrogen-bond acceptors (Lipinski definition) is 3. The minimum absolute atomic E-state index is 0.0815. The van der Waals surface area contributed by atoms with Crippen molar-refractivity contribution in [3.63, 3.8) is 0 Å². The maximum absolute atomic E-state index is 11.1. The van der Waals surface area contributed by atoms with E-state index in [1.165, 1.54) is 6.07 Å². The van der Waals surface area contributed by atoms with Crippen molar-refractivity contribution in [2.45, 2.75) is 6.92 Å². The van der Waals surface area contributed by atoms with Crippen LogP contribution in [0, 0.1) is 6.92 Å². The molecule has 21 heavy (non-hydrogen) atoms. The second kappa shape index (κ2) is 5.96. The largest absolute Gasteiger partial charge is 0.465 e. The molecular weight excluding hydrogens is 272 g/mol. The molecule has 0 aliphatic heterocycles. The number of aryl methyl sites for hydroxylation is 1. The van der Waals surface area contributed by atoms with E-state index in [0.29, 0.717) is 5.56 Å². The number of carbonyl (C=O) groups is 2. The number of benzene rings is 2. The zero-order valence-electron chi connectivity index (χ0n) is 11.3. The number of nitrogens with two attached hydrogens (primary N) is 1. The molecule has 0 radical (unpaired) electrons. The summed E-state index contributed by atoms with van der Waals surface area (Å²) < 4.78 is 4.98. The van der Waals surface area contributed by atoms with Crippen LogP contribution in [0.2, 0.25) is 0 Å². The highest BCUT2D eigenvalue weighted by molar-refractivity contribution is 5.90. The van der Waals surface area contributed by atoms with Crippen molar-refractivity contribution in [3.05, 3.63) is 48.0 Å². The molecule has 0 aliphatic rings. The molecule has 2 aromatic carbocycles. The molecule has 0 aliphatic carbocycles. The fourth-order valence-electron chi connectivity index (χ4n) is 2.00. The summed E-state index contributed by atoms with van der Waals surface area (Å²) >= 11 is 0. The van der Waals surface area contributed by atoms with Crippen LogP contribution in [0.3, 0.4) is 0 Å². The average molecular weight is 286 g/mol. The first-order chi connectivity index (χ1) is 9.97. The molecule has 4 N–H and O–H groups in total. The maximum atomic E-state index is 11.1. The van der Waals surface area contributed by atoms with Gasteiger partial charge in [0, 0.05) is 5.56 Å². The number of carboxylic acid groups (broad SMARTS) is 1. The molecule has 2 rings (SSSR count). The minimum Gasteiger partial charge on any atom is -0.465 e. The Morgan fingerprint density at radius 1 is 1.19 bits per heavy atom. The van der Waals surface area contributed by atoms with Gasteiger partial charge in [0.15, 0.2) is 5.75 Å². The number of rotatable bonds is 3. The lowest BCUT2D eigenvalue weighted by Crippen LogP contribution is -2.18. The van der Waals surface area contributed by atoms with Gasteiger partial charge in [0.05, 0.1) is 5.69 Å². The second-order valence-corrected chi connectivity index (χ2v) is 4.40. The van der Waals surface area contributed by atoms with Crippen LogP contribution in [0.1, 0.15) is 5.56 Å². The van der Waals surface area contributed by atoms with Gasteiger partial charge in [-0.25, -0.2) is 9.59 Å². The Kier molecular flexibility index (Phi) is 4.08. The predicted octanol–water partition coefficient (Wildman–Crippen LogP) is 3.21. The van der Waals surface area contributed by atoms with Gasteiger partial charge in [-0.2, -0.15) is 0 Å². The van der Waals surface area contributed by atoms with Crippen molar-refractivity contribution >= 4 is 17.9 Å². The Bertz CT molecular complexity index is 698. The van der Waals surface area contributed by atoms with E-state index in [4.69, 9.17) is 15.6 Å². The van der Waals surface area contributed by atoms with Gasteiger partial charge in [-0.3, -0.25) is 5.32 Å². The smallest absolute Gasteiger partial charge is 0.410 e. The van der Waals surface area contributed by atoms with Gasteiger partial charge in [-0.15, -0.1) is 0 Å². The molecule has 0 saturated carbocycles.